The van der Waals surface area contributed by atoms with E-state index in [1.54, 1.807) is 25.1 Å². The van der Waals surface area contributed by atoms with E-state index in [1.165, 1.54) is 18.2 Å². The molecule has 1 spiro atoms. The molecule has 0 unspecified atom stereocenters. The molecule has 198 valence electrons. The monoisotopic (exact) mass is 531 g/mol. The van der Waals surface area contributed by atoms with Crippen molar-refractivity contribution in [3.63, 3.8) is 0 Å². The minimum atomic E-state index is -1.39. The van der Waals surface area contributed by atoms with E-state index in [2.05, 4.69) is 16.0 Å². The standard InChI is InChI=1S/C28H32ClF2N3O3/c1-26(2,3)13-20-28(17-9-8-14(30)10-19(17)33-25(28)36)21(16-6-5-7-18(29)22(16)31)23(34-20)24(35)32-15-11-27(4,37)12-15/h5-10,15,20-21,23,34,37H,11-13H2,1-4H3,(H,32,35)(H,33,36)/t15-,20-,21-,23+,27+,28+/m0/s1. The molecule has 4 N–H and O–H groups in total. The molecule has 2 aromatic carbocycles. The number of rotatable bonds is 4. The third-order valence-corrected chi connectivity index (χ3v) is 8.23. The zero-order chi connectivity index (χ0) is 26.9. The Kier molecular flexibility index (Phi) is 6.17. The zero-order valence-electron chi connectivity index (χ0n) is 21.3. The molecule has 1 saturated heterocycles. The quantitative estimate of drug-likeness (QED) is 0.471. The molecule has 2 aliphatic heterocycles. The fourth-order valence-electron chi connectivity index (χ4n) is 6.55. The summed E-state index contributed by atoms with van der Waals surface area (Å²) in [7, 11) is 0. The van der Waals surface area contributed by atoms with E-state index in [0.29, 0.717) is 30.5 Å². The smallest absolute Gasteiger partial charge is 0.238 e. The second-order valence-corrected chi connectivity index (χ2v) is 12.6. The van der Waals surface area contributed by atoms with Crippen molar-refractivity contribution in [3.05, 3.63) is 64.2 Å². The van der Waals surface area contributed by atoms with E-state index in [1.807, 2.05) is 20.8 Å². The summed E-state index contributed by atoms with van der Waals surface area (Å²) in [5, 5.41) is 19.2. The van der Waals surface area contributed by atoms with Crippen molar-refractivity contribution in [2.24, 2.45) is 5.41 Å². The maximum Gasteiger partial charge on any atom is 0.238 e. The van der Waals surface area contributed by atoms with Crippen LogP contribution in [0.25, 0.3) is 0 Å². The summed E-state index contributed by atoms with van der Waals surface area (Å²) in [6, 6.07) is 6.89. The average Bonchev–Trinajstić information content (AvgIpc) is 3.23. The van der Waals surface area contributed by atoms with Crippen LogP contribution in [0.3, 0.4) is 0 Å². The van der Waals surface area contributed by atoms with Gasteiger partial charge in [-0.05, 0) is 60.9 Å². The van der Waals surface area contributed by atoms with Crippen LogP contribution < -0.4 is 16.0 Å². The van der Waals surface area contributed by atoms with Crippen molar-refractivity contribution < 1.29 is 23.5 Å². The molecule has 9 heteroatoms. The average molecular weight is 532 g/mol. The highest BCUT2D eigenvalue weighted by Crippen LogP contribution is 2.57. The summed E-state index contributed by atoms with van der Waals surface area (Å²) in [6.45, 7) is 7.79. The summed E-state index contributed by atoms with van der Waals surface area (Å²) in [6.07, 6.45) is 1.29. The number of hydrogen-bond donors (Lipinski definition) is 4. The summed E-state index contributed by atoms with van der Waals surface area (Å²) in [5.41, 5.74) is -1.52. The van der Waals surface area contributed by atoms with Crippen LogP contribution in [0.2, 0.25) is 5.02 Å². The third-order valence-electron chi connectivity index (χ3n) is 7.94. The largest absolute Gasteiger partial charge is 0.390 e. The van der Waals surface area contributed by atoms with Crippen molar-refractivity contribution >= 4 is 29.1 Å². The van der Waals surface area contributed by atoms with Gasteiger partial charge in [-0.3, -0.25) is 9.59 Å². The van der Waals surface area contributed by atoms with Crippen LogP contribution in [0.4, 0.5) is 14.5 Å². The van der Waals surface area contributed by atoms with Gasteiger partial charge in [-0.15, -0.1) is 0 Å². The van der Waals surface area contributed by atoms with Gasteiger partial charge in [0.15, 0.2) is 0 Å². The normalized spacial score (nSPS) is 32.7. The number of carbonyl (C=O) groups is 2. The Bertz CT molecular complexity index is 1270. The first-order chi connectivity index (χ1) is 17.2. The van der Waals surface area contributed by atoms with Gasteiger partial charge < -0.3 is 21.1 Å². The Labute approximate surface area is 220 Å². The van der Waals surface area contributed by atoms with Crippen molar-refractivity contribution in [3.8, 4) is 0 Å². The van der Waals surface area contributed by atoms with E-state index in [4.69, 9.17) is 11.6 Å². The van der Waals surface area contributed by atoms with Crippen LogP contribution in [0, 0.1) is 17.0 Å². The van der Waals surface area contributed by atoms with Crippen molar-refractivity contribution in [2.45, 2.75) is 82.0 Å². The number of anilines is 1. The van der Waals surface area contributed by atoms with Crippen LogP contribution in [0.15, 0.2) is 36.4 Å². The number of fused-ring (bicyclic) bond motifs is 2. The molecule has 1 saturated carbocycles. The lowest BCUT2D eigenvalue weighted by atomic mass is 9.62. The fourth-order valence-corrected chi connectivity index (χ4v) is 6.73. The number of carbonyl (C=O) groups excluding carboxylic acids is 2. The Morgan fingerprint density at radius 2 is 1.92 bits per heavy atom. The molecule has 2 amide bonds. The van der Waals surface area contributed by atoms with Gasteiger partial charge in [0.1, 0.15) is 17.0 Å². The number of nitrogens with one attached hydrogen (secondary N) is 3. The van der Waals surface area contributed by atoms with Crippen molar-refractivity contribution in [1.82, 2.24) is 10.6 Å². The van der Waals surface area contributed by atoms with Gasteiger partial charge in [-0.25, -0.2) is 8.78 Å². The fraction of sp³-hybridized carbons (Fsp3) is 0.500. The van der Waals surface area contributed by atoms with Gasteiger partial charge in [0, 0.05) is 23.7 Å². The summed E-state index contributed by atoms with van der Waals surface area (Å²) in [4.78, 5) is 27.8. The Morgan fingerprint density at radius 1 is 1.22 bits per heavy atom. The highest BCUT2D eigenvalue weighted by atomic mass is 35.5. The molecule has 2 aromatic rings. The van der Waals surface area contributed by atoms with E-state index in [9.17, 15) is 19.1 Å². The molecule has 4 atom stereocenters. The number of amides is 2. The molecule has 6 nitrogen and oxygen atoms in total. The summed E-state index contributed by atoms with van der Waals surface area (Å²) in [5.74, 6) is -2.97. The highest BCUT2D eigenvalue weighted by molar-refractivity contribution is 6.30. The van der Waals surface area contributed by atoms with E-state index in [-0.39, 0.29) is 28.0 Å². The lowest BCUT2D eigenvalue weighted by molar-refractivity contribution is -0.127. The molecule has 1 aliphatic carbocycles. The molecular weight excluding hydrogens is 500 g/mol. The lowest BCUT2D eigenvalue weighted by Crippen LogP contribution is -2.57. The van der Waals surface area contributed by atoms with E-state index >= 15 is 4.39 Å². The molecule has 2 fully saturated rings. The van der Waals surface area contributed by atoms with Crippen LogP contribution >= 0.6 is 11.6 Å². The Morgan fingerprint density at radius 3 is 2.57 bits per heavy atom. The number of hydrogen-bond acceptors (Lipinski definition) is 4. The second kappa shape index (κ2) is 8.75. The number of benzene rings is 2. The molecule has 37 heavy (non-hydrogen) atoms. The first-order valence-electron chi connectivity index (χ1n) is 12.6. The van der Waals surface area contributed by atoms with E-state index < -0.39 is 46.6 Å². The van der Waals surface area contributed by atoms with Gasteiger partial charge in [-0.1, -0.05) is 50.6 Å². The molecule has 3 aliphatic rings. The van der Waals surface area contributed by atoms with Crippen molar-refractivity contribution in [2.75, 3.05) is 5.32 Å². The van der Waals surface area contributed by atoms with Gasteiger partial charge >= 0.3 is 0 Å². The lowest BCUT2D eigenvalue weighted by Gasteiger charge is -2.42. The van der Waals surface area contributed by atoms with Crippen LogP contribution in [0.5, 0.6) is 0 Å². The van der Waals surface area contributed by atoms with Gasteiger partial charge in [0.05, 0.1) is 16.7 Å². The summed E-state index contributed by atoms with van der Waals surface area (Å²) < 4.78 is 29.9. The maximum absolute atomic E-state index is 15.7. The van der Waals surface area contributed by atoms with Gasteiger partial charge in [0.25, 0.3) is 0 Å². The second-order valence-electron chi connectivity index (χ2n) is 12.2. The molecular formula is C28H32ClF2N3O3. The topological polar surface area (TPSA) is 90.5 Å². The van der Waals surface area contributed by atoms with Crippen LogP contribution in [-0.2, 0) is 15.0 Å². The predicted octanol–water partition coefficient (Wildman–Crippen LogP) is 4.40. The zero-order valence-corrected chi connectivity index (χ0v) is 22.0. The molecule has 0 bridgehead atoms. The first kappa shape index (κ1) is 26.1. The van der Waals surface area contributed by atoms with Gasteiger partial charge in [-0.2, -0.15) is 0 Å². The number of aliphatic hydroxyl groups is 1. The molecule has 2 heterocycles. The summed E-state index contributed by atoms with van der Waals surface area (Å²) >= 11 is 6.19. The SMILES string of the molecule is CC(C)(C)C[C@@H]1N[C@@H](C(=O)N[C@H]2C[C@@](C)(O)C2)[C@H](c2cccc(Cl)c2F)[C@]12C(=O)Nc1cc(F)ccc12. The molecule has 0 radical (unpaired) electrons. The minimum absolute atomic E-state index is 0.112. The Balaban J connectivity index is 1.69. The van der Waals surface area contributed by atoms with Crippen LogP contribution in [-0.4, -0.2) is 40.6 Å². The number of halogens is 3. The van der Waals surface area contributed by atoms with Crippen LogP contribution in [0.1, 0.15) is 64.0 Å². The molecule has 0 aromatic heterocycles. The molecule has 5 rings (SSSR count). The van der Waals surface area contributed by atoms with E-state index in [0.717, 1.165) is 0 Å². The van der Waals surface area contributed by atoms with Crippen molar-refractivity contribution in [1.29, 1.82) is 0 Å². The predicted molar refractivity (Wildman–Crippen MR) is 137 cm³/mol. The minimum Gasteiger partial charge on any atom is -0.390 e. The highest BCUT2D eigenvalue weighted by Gasteiger charge is 2.66. The maximum atomic E-state index is 15.7. The first-order valence-corrected chi connectivity index (χ1v) is 12.9. The Hall–Kier alpha value is -2.55. The van der Waals surface area contributed by atoms with Gasteiger partial charge in [0.2, 0.25) is 11.8 Å². The third kappa shape index (κ3) is 4.33.